The monoisotopic (exact) mass is 368 g/mol. The maximum absolute atomic E-state index is 11.6. The van der Waals surface area contributed by atoms with Gasteiger partial charge in [0.15, 0.2) is 5.78 Å². The summed E-state index contributed by atoms with van der Waals surface area (Å²) in [4.78, 5) is 11.6. The van der Waals surface area contributed by atoms with Gasteiger partial charge in [0.2, 0.25) is 0 Å². The van der Waals surface area contributed by atoms with Crippen molar-refractivity contribution in [2.45, 2.75) is 10.7 Å². The normalized spacial score (nSPS) is 10.5. The van der Waals surface area contributed by atoms with Crippen molar-refractivity contribution in [1.29, 1.82) is 0 Å². The van der Waals surface area contributed by atoms with Gasteiger partial charge in [-0.15, -0.1) is 0 Å². The number of hydrogen-bond donors (Lipinski definition) is 0. The molecule has 0 aromatic heterocycles. The van der Waals surface area contributed by atoms with Crippen molar-refractivity contribution in [2.75, 3.05) is 0 Å². The second kappa shape index (κ2) is 4.71. The molecule has 13 heavy (non-hydrogen) atoms. The Morgan fingerprint density at radius 2 is 2.00 bits per heavy atom. The summed E-state index contributed by atoms with van der Waals surface area (Å²) >= 11 is 9.72. The third kappa shape index (κ3) is 2.89. The molecule has 0 aliphatic rings. The summed E-state index contributed by atoms with van der Waals surface area (Å²) in [5, 5.41) is 0. The number of carbonyl (C=O) groups excluding carboxylic acids is 1. The molecule has 0 unspecified atom stereocenters. The zero-order valence-corrected chi connectivity index (χ0v) is 11.6. The van der Waals surface area contributed by atoms with Crippen molar-refractivity contribution in [3.63, 3.8) is 0 Å². The van der Waals surface area contributed by atoms with Gasteiger partial charge in [-0.25, -0.2) is 0 Å². The van der Waals surface area contributed by atoms with Crippen molar-refractivity contribution in [2.24, 2.45) is 0 Å². The van der Waals surface area contributed by atoms with Crippen molar-refractivity contribution in [3.8, 4) is 0 Å². The Balaban J connectivity index is 3.09. The third-order valence-corrected chi connectivity index (χ3v) is 2.98. The molecule has 1 aromatic carbocycles. The summed E-state index contributed by atoms with van der Waals surface area (Å²) in [6, 6.07) is 5.61. The van der Waals surface area contributed by atoms with E-state index in [0.29, 0.717) is 0 Å². The van der Waals surface area contributed by atoms with E-state index in [4.69, 9.17) is 0 Å². The van der Waals surface area contributed by atoms with Gasteiger partial charge in [-0.3, -0.25) is 4.79 Å². The highest BCUT2D eigenvalue weighted by Gasteiger charge is 2.15. The van der Waals surface area contributed by atoms with Gasteiger partial charge < -0.3 is 0 Å². The quantitative estimate of drug-likeness (QED) is 0.567. The lowest BCUT2D eigenvalue weighted by Gasteiger charge is -2.05. The molecular formula is C9H7Br3O. The van der Waals surface area contributed by atoms with Crippen molar-refractivity contribution >= 4 is 53.6 Å². The Morgan fingerprint density at radius 1 is 1.38 bits per heavy atom. The van der Waals surface area contributed by atoms with E-state index in [1.807, 2.05) is 25.1 Å². The standard InChI is InChI=1S/C9H7Br3O/c1-5-4-6(10)2-3-7(5)8(13)9(11)12/h2-4,9H,1H3. The first-order valence-corrected chi connectivity index (χ1v) is 6.23. The number of halogens is 3. The summed E-state index contributed by atoms with van der Waals surface area (Å²) < 4.78 is 0.683. The van der Waals surface area contributed by atoms with Crippen LogP contribution in [0, 0.1) is 6.92 Å². The first-order chi connectivity index (χ1) is 6.02. The number of hydrogen-bond acceptors (Lipinski definition) is 1. The number of benzene rings is 1. The molecule has 1 aromatic rings. The summed E-state index contributed by atoms with van der Waals surface area (Å²) in [6.45, 7) is 1.92. The third-order valence-electron chi connectivity index (χ3n) is 1.65. The van der Waals surface area contributed by atoms with E-state index in [1.165, 1.54) is 0 Å². The minimum absolute atomic E-state index is 0.0463. The zero-order valence-electron chi connectivity index (χ0n) is 6.85. The predicted molar refractivity (Wildman–Crippen MR) is 64.9 cm³/mol. The van der Waals surface area contributed by atoms with Crippen LogP contribution in [0.25, 0.3) is 0 Å². The molecule has 0 bridgehead atoms. The van der Waals surface area contributed by atoms with Gasteiger partial charge in [0.1, 0.15) is 3.74 Å². The average Bonchev–Trinajstić information content (AvgIpc) is 2.03. The molecule has 0 saturated carbocycles. The molecule has 0 aliphatic carbocycles. The molecule has 0 aliphatic heterocycles. The van der Waals surface area contributed by atoms with Crippen LogP contribution in [0.15, 0.2) is 22.7 Å². The van der Waals surface area contributed by atoms with Crippen LogP contribution < -0.4 is 0 Å². The number of carbonyl (C=O) groups is 1. The maximum atomic E-state index is 11.6. The first-order valence-electron chi connectivity index (χ1n) is 3.61. The highest BCUT2D eigenvalue weighted by atomic mass is 79.9. The van der Waals surface area contributed by atoms with Gasteiger partial charge in [0.25, 0.3) is 0 Å². The lowest BCUT2D eigenvalue weighted by atomic mass is 10.1. The molecular weight excluding hydrogens is 364 g/mol. The molecule has 0 N–H and O–H groups in total. The molecule has 0 amide bonds. The molecule has 0 fully saturated rings. The van der Waals surface area contributed by atoms with E-state index in [-0.39, 0.29) is 9.52 Å². The Bertz CT molecular complexity index is 334. The van der Waals surface area contributed by atoms with Crippen LogP contribution in [0.1, 0.15) is 15.9 Å². The van der Waals surface area contributed by atoms with Crippen LogP contribution in [0.4, 0.5) is 0 Å². The van der Waals surface area contributed by atoms with Gasteiger partial charge in [0.05, 0.1) is 0 Å². The van der Waals surface area contributed by atoms with E-state index < -0.39 is 0 Å². The van der Waals surface area contributed by atoms with E-state index in [0.717, 1.165) is 15.6 Å². The maximum Gasteiger partial charge on any atom is 0.187 e. The molecule has 0 saturated heterocycles. The Labute approximate surface area is 102 Å². The topological polar surface area (TPSA) is 17.1 Å². The fraction of sp³-hybridized carbons (Fsp3) is 0.222. The van der Waals surface area contributed by atoms with Gasteiger partial charge in [-0.05, 0) is 30.7 Å². The first kappa shape index (κ1) is 11.4. The smallest absolute Gasteiger partial charge is 0.187 e. The van der Waals surface area contributed by atoms with Gasteiger partial charge in [-0.2, -0.15) is 0 Å². The van der Waals surface area contributed by atoms with E-state index in [9.17, 15) is 4.79 Å². The van der Waals surface area contributed by atoms with Crippen LogP contribution >= 0.6 is 47.8 Å². The molecule has 0 atom stereocenters. The molecule has 0 spiro atoms. The predicted octanol–water partition coefficient (Wildman–Crippen LogP) is 4.06. The lowest BCUT2D eigenvalue weighted by molar-refractivity contribution is 0.101. The number of Topliss-reactive ketones (excluding diaryl/α,β-unsaturated/α-hetero) is 1. The second-order valence-corrected chi connectivity index (χ2v) is 6.60. The van der Waals surface area contributed by atoms with Gasteiger partial charge in [0, 0.05) is 10.0 Å². The van der Waals surface area contributed by atoms with Crippen LogP contribution in [0.2, 0.25) is 0 Å². The fourth-order valence-electron chi connectivity index (χ4n) is 1.02. The Morgan fingerprint density at radius 3 is 2.46 bits per heavy atom. The molecule has 4 heteroatoms. The zero-order chi connectivity index (χ0) is 10.0. The number of ketones is 1. The fourth-order valence-corrected chi connectivity index (χ4v) is 1.99. The van der Waals surface area contributed by atoms with Gasteiger partial charge >= 0.3 is 0 Å². The molecule has 1 nitrogen and oxygen atoms in total. The molecule has 0 heterocycles. The average molecular weight is 371 g/mol. The number of alkyl halides is 2. The number of rotatable bonds is 2. The highest BCUT2D eigenvalue weighted by molar-refractivity contribution is 9.25. The van der Waals surface area contributed by atoms with E-state index in [1.54, 1.807) is 0 Å². The van der Waals surface area contributed by atoms with E-state index >= 15 is 0 Å². The summed E-state index contributed by atoms with van der Waals surface area (Å²) in [7, 11) is 0. The molecule has 0 radical (unpaired) electrons. The summed E-state index contributed by atoms with van der Waals surface area (Å²) in [5.74, 6) is 0.0463. The van der Waals surface area contributed by atoms with E-state index in [2.05, 4.69) is 47.8 Å². The largest absolute Gasteiger partial charge is 0.292 e. The van der Waals surface area contributed by atoms with Gasteiger partial charge in [-0.1, -0.05) is 47.8 Å². The minimum atomic E-state index is -0.306. The van der Waals surface area contributed by atoms with Crippen LogP contribution in [-0.2, 0) is 0 Å². The highest BCUT2D eigenvalue weighted by Crippen LogP contribution is 2.21. The van der Waals surface area contributed by atoms with Crippen LogP contribution in [0.3, 0.4) is 0 Å². The van der Waals surface area contributed by atoms with Crippen molar-refractivity contribution in [3.05, 3.63) is 33.8 Å². The Hall–Kier alpha value is 0.330. The summed E-state index contributed by atoms with van der Waals surface area (Å²) in [6.07, 6.45) is 0. The van der Waals surface area contributed by atoms with Crippen molar-refractivity contribution in [1.82, 2.24) is 0 Å². The Kier molecular flexibility index (Phi) is 4.13. The minimum Gasteiger partial charge on any atom is -0.292 e. The van der Waals surface area contributed by atoms with Crippen LogP contribution in [0.5, 0.6) is 0 Å². The summed E-state index contributed by atoms with van der Waals surface area (Å²) in [5.41, 5.74) is 1.71. The second-order valence-electron chi connectivity index (χ2n) is 2.62. The van der Waals surface area contributed by atoms with Crippen LogP contribution in [-0.4, -0.2) is 9.52 Å². The molecule has 70 valence electrons. The number of aryl methyl sites for hydroxylation is 1. The van der Waals surface area contributed by atoms with Crippen molar-refractivity contribution < 1.29 is 4.79 Å². The molecule has 1 rings (SSSR count). The lowest BCUT2D eigenvalue weighted by Crippen LogP contribution is -2.08. The SMILES string of the molecule is Cc1cc(Br)ccc1C(=O)C(Br)Br.